The molecule has 0 aromatic rings. The summed E-state index contributed by atoms with van der Waals surface area (Å²) in [4.78, 5) is 3.97. The van der Waals surface area contributed by atoms with Crippen molar-refractivity contribution >= 4 is 6.21 Å². The molecule has 0 spiro atoms. The normalized spacial score (nSPS) is 11.8. The molecular weight excluding hydrogens is 98.1 g/mol. The van der Waals surface area contributed by atoms with Crippen LogP contribution in [-0.4, -0.2) is 6.21 Å². The van der Waals surface area contributed by atoms with Gasteiger partial charge in [-0.25, -0.2) is 0 Å². The van der Waals surface area contributed by atoms with E-state index in [0.29, 0.717) is 0 Å². The molecule has 0 aliphatic carbocycles. The summed E-state index contributed by atoms with van der Waals surface area (Å²) < 4.78 is 0. The number of hydrogen-bond acceptors (Lipinski definition) is 1. The van der Waals surface area contributed by atoms with Crippen LogP contribution in [-0.2, 0) is 0 Å². The zero-order valence-electron chi connectivity index (χ0n) is 5.59. The van der Waals surface area contributed by atoms with Crippen molar-refractivity contribution in [2.45, 2.75) is 26.7 Å². The highest BCUT2D eigenvalue weighted by molar-refractivity contribution is 5.57. The molecule has 0 radical (unpaired) electrons. The van der Waals surface area contributed by atoms with Crippen LogP contribution in [0, 0.1) is 0 Å². The average Bonchev–Trinajstić information content (AvgIpc) is 1.81. The van der Waals surface area contributed by atoms with E-state index in [1.54, 1.807) is 0 Å². The maximum atomic E-state index is 3.97. The fourth-order valence-electron chi connectivity index (χ4n) is 0.333. The predicted octanol–water partition coefficient (Wildman–Crippen LogP) is 2.39. The summed E-state index contributed by atoms with van der Waals surface area (Å²) in [5, 5.41) is 0. The van der Waals surface area contributed by atoms with E-state index in [1.807, 2.05) is 18.5 Å². The highest BCUT2D eigenvalue weighted by Crippen LogP contribution is 1.79. The van der Waals surface area contributed by atoms with Crippen LogP contribution in [0.25, 0.3) is 0 Å². The van der Waals surface area contributed by atoms with Crippen molar-refractivity contribution < 1.29 is 0 Å². The third-order valence-electron chi connectivity index (χ3n) is 0.715. The summed E-state index contributed by atoms with van der Waals surface area (Å²) in [5.41, 5.74) is 0. The van der Waals surface area contributed by atoms with Crippen molar-refractivity contribution in [3.05, 3.63) is 12.3 Å². The Bertz CT molecular complexity index is 70.4. The molecule has 0 atom stereocenters. The largest absolute Gasteiger partial charge is 0.269 e. The van der Waals surface area contributed by atoms with E-state index in [0.717, 1.165) is 12.8 Å². The molecule has 0 rings (SSSR count). The van der Waals surface area contributed by atoms with E-state index in [-0.39, 0.29) is 0 Å². The van der Waals surface area contributed by atoms with Gasteiger partial charge in [0.25, 0.3) is 0 Å². The van der Waals surface area contributed by atoms with E-state index < -0.39 is 0 Å². The quantitative estimate of drug-likeness (QED) is 0.496. The van der Waals surface area contributed by atoms with E-state index in [2.05, 4.69) is 18.8 Å². The Morgan fingerprint density at radius 2 is 2.00 bits per heavy atom. The smallest absolute Gasteiger partial charge is 0.0223 e. The molecule has 46 valence electrons. The first-order valence-corrected chi connectivity index (χ1v) is 3.08. The summed E-state index contributed by atoms with van der Waals surface area (Å²) in [7, 11) is 0. The highest BCUT2D eigenvalue weighted by Gasteiger charge is 1.62. The first kappa shape index (κ1) is 7.41. The maximum Gasteiger partial charge on any atom is 0.0223 e. The molecule has 8 heavy (non-hydrogen) atoms. The van der Waals surface area contributed by atoms with Crippen LogP contribution in [0.3, 0.4) is 0 Å². The van der Waals surface area contributed by atoms with Crippen LogP contribution >= 0.6 is 0 Å². The summed E-state index contributed by atoms with van der Waals surface area (Å²) in [6, 6.07) is 0. The van der Waals surface area contributed by atoms with Gasteiger partial charge in [0.1, 0.15) is 0 Å². The van der Waals surface area contributed by atoms with Gasteiger partial charge in [-0.2, -0.15) is 0 Å². The lowest BCUT2D eigenvalue weighted by atomic mass is 10.5. The van der Waals surface area contributed by atoms with Crippen LogP contribution < -0.4 is 0 Å². The molecule has 0 saturated carbocycles. The molecule has 0 aliphatic rings. The molecule has 0 saturated heterocycles. The van der Waals surface area contributed by atoms with Gasteiger partial charge in [-0.15, -0.1) is 0 Å². The van der Waals surface area contributed by atoms with Gasteiger partial charge in [0.05, 0.1) is 0 Å². The van der Waals surface area contributed by atoms with Crippen molar-refractivity contribution in [3.8, 4) is 0 Å². The van der Waals surface area contributed by atoms with Crippen molar-refractivity contribution in [1.82, 2.24) is 0 Å². The lowest BCUT2D eigenvalue weighted by Gasteiger charge is -1.74. The Kier molecular flexibility index (Phi) is 5.94. The lowest BCUT2D eigenvalue weighted by Crippen LogP contribution is -1.62. The predicted molar refractivity (Wildman–Crippen MR) is 38.2 cm³/mol. The topological polar surface area (TPSA) is 12.4 Å². The second kappa shape index (κ2) is 6.41. The third kappa shape index (κ3) is 5.41. The SMILES string of the molecule is CCC=CN=CCC. The van der Waals surface area contributed by atoms with Gasteiger partial charge in [-0.05, 0) is 12.8 Å². The number of allylic oxidation sites excluding steroid dienone is 1. The minimum Gasteiger partial charge on any atom is -0.269 e. The molecule has 0 heterocycles. The van der Waals surface area contributed by atoms with Crippen LogP contribution in [0.1, 0.15) is 26.7 Å². The van der Waals surface area contributed by atoms with Crippen LogP contribution in [0.2, 0.25) is 0 Å². The summed E-state index contributed by atoms with van der Waals surface area (Å²) in [6.45, 7) is 4.17. The van der Waals surface area contributed by atoms with Crippen molar-refractivity contribution in [3.63, 3.8) is 0 Å². The summed E-state index contributed by atoms with van der Waals surface area (Å²) >= 11 is 0. The molecule has 0 unspecified atom stereocenters. The lowest BCUT2D eigenvalue weighted by molar-refractivity contribution is 1.21. The van der Waals surface area contributed by atoms with E-state index >= 15 is 0 Å². The number of hydrogen-bond donors (Lipinski definition) is 0. The second-order valence-corrected chi connectivity index (χ2v) is 1.53. The summed E-state index contributed by atoms with van der Waals surface area (Å²) in [5.74, 6) is 0. The van der Waals surface area contributed by atoms with Gasteiger partial charge >= 0.3 is 0 Å². The number of nitrogens with zero attached hydrogens (tertiary/aromatic N) is 1. The Balaban J connectivity index is 3.13. The standard InChI is InChI=1S/C7H13N/c1-3-5-7-8-6-4-2/h5-7H,3-4H2,1-2H3. The second-order valence-electron chi connectivity index (χ2n) is 1.53. The zero-order chi connectivity index (χ0) is 6.24. The van der Waals surface area contributed by atoms with Crippen molar-refractivity contribution in [2.75, 3.05) is 0 Å². The number of rotatable bonds is 3. The van der Waals surface area contributed by atoms with Gasteiger partial charge < -0.3 is 0 Å². The molecule has 1 heteroatoms. The van der Waals surface area contributed by atoms with Gasteiger partial charge in [0.2, 0.25) is 0 Å². The zero-order valence-corrected chi connectivity index (χ0v) is 5.59. The first-order chi connectivity index (χ1) is 3.91. The van der Waals surface area contributed by atoms with E-state index in [4.69, 9.17) is 0 Å². The van der Waals surface area contributed by atoms with Gasteiger partial charge in [0.15, 0.2) is 0 Å². The van der Waals surface area contributed by atoms with E-state index in [9.17, 15) is 0 Å². The van der Waals surface area contributed by atoms with Gasteiger partial charge in [0, 0.05) is 12.4 Å². The Hall–Kier alpha value is -0.590. The molecular formula is C7H13N. The maximum absolute atomic E-state index is 3.97. The van der Waals surface area contributed by atoms with Crippen molar-refractivity contribution in [1.29, 1.82) is 0 Å². The minimum absolute atomic E-state index is 1.02. The Morgan fingerprint density at radius 3 is 2.50 bits per heavy atom. The molecule has 0 amide bonds. The minimum atomic E-state index is 1.02. The molecule has 0 aromatic carbocycles. The summed E-state index contributed by atoms with van der Waals surface area (Å²) in [6.07, 6.45) is 7.86. The number of aliphatic imine (C=N–C) groups is 1. The Labute approximate surface area is 51.1 Å². The fraction of sp³-hybridized carbons (Fsp3) is 0.571. The fourth-order valence-corrected chi connectivity index (χ4v) is 0.333. The first-order valence-electron chi connectivity index (χ1n) is 3.08. The molecule has 1 nitrogen and oxygen atoms in total. The molecule has 0 aromatic heterocycles. The van der Waals surface area contributed by atoms with Crippen LogP contribution in [0.15, 0.2) is 17.3 Å². The average molecular weight is 111 g/mol. The van der Waals surface area contributed by atoms with E-state index in [1.165, 1.54) is 0 Å². The van der Waals surface area contributed by atoms with Crippen LogP contribution in [0.4, 0.5) is 0 Å². The molecule has 0 N–H and O–H groups in total. The third-order valence-corrected chi connectivity index (χ3v) is 0.715. The van der Waals surface area contributed by atoms with Gasteiger partial charge in [-0.1, -0.05) is 19.9 Å². The molecule has 0 aliphatic heterocycles. The van der Waals surface area contributed by atoms with Crippen LogP contribution in [0.5, 0.6) is 0 Å². The van der Waals surface area contributed by atoms with Gasteiger partial charge in [-0.3, -0.25) is 4.99 Å². The Morgan fingerprint density at radius 1 is 1.25 bits per heavy atom. The highest BCUT2D eigenvalue weighted by atomic mass is 14.7. The monoisotopic (exact) mass is 111 g/mol. The molecule has 0 bridgehead atoms. The van der Waals surface area contributed by atoms with Crippen molar-refractivity contribution in [2.24, 2.45) is 4.99 Å². The molecule has 0 fully saturated rings.